The number of hydrogen-bond acceptors (Lipinski definition) is 4. The van der Waals surface area contributed by atoms with Gasteiger partial charge in [0.25, 0.3) is 0 Å². The van der Waals surface area contributed by atoms with Crippen LogP contribution in [0.15, 0.2) is 12.3 Å². The van der Waals surface area contributed by atoms with E-state index >= 15 is 0 Å². The van der Waals surface area contributed by atoms with Crippen LogP contribution in [0.4, 0.5) is 5.95 Å². The zero-order valence-corrected chi connectivity index (χ0v) is 4.57. The predicted molar refractivity (Wildman–Crippen MR) is 31.2 cm³/mol. The molecule has 0 unspecified atom stereocenters. The Labute approximate surface area is 52.0 Å². The molecule has 44 valence electrons. The van der Waals surface area contributed by atoms with Crippen LogP contribution in [0.5, 0.6) is 0 Å². The van der Waals surface area contributed by atoms with Gasteiger partial charge in [-0.3, -0.25) is 0 Å². The number of nitriles is 1. The second-order valence-electron chi connectivity index (χ2n) is 1.41. The lowest BCUT2D eigenvalue weighted by Crippen LogP contribution is -1.94. The molecular formula is C5H4N4. The minimum Gasteiger partial charge on any atom is -0.368 e. The summed E-state index contributed by atoms with van der Waals surface area (Å²) in [7, 11) is 0. The second kappa shape index (κ2) is 2.09. The molecule has 0 saturated carbocycles. The van der Waals surface area contributed by atoms with Gasteiger partial charge < -0.3 is 5.73 Å². The zero-order valence-electron chi connectivity index (χ0n) is 4.57. The van der Waals surface area contributed by atoms with E-state index in [4.69, 9.17) is 11.0 Å². The minimum atomic E-state index is 0.133. The average Bonchev–Trinajstić information content (AvgIpc) is 1.88. The van der Waals surface area contributed by atoms with E-state index in [9.17, 15) is 0 Å². The van der Waals surface area contributed by atoms with Crippen LogP contribution in [0.1, 0.15) is 5.69 Å². The molecule has 4 nitrogen and oxygen atoms in total. The summed E-state index contributed by atoms with van der Waals surface area (Å²) in [5, 5.41) is 8.27. The second-order valence-corrected chi connectivity index (χ2v) is 1.41. The minimum absolute atomic E-state index is 0.133. The fraction of sp³-hybridized carbons (Fsp3) is 0. The lowest BCUT2D eigenvalue weighted by molar-refractivity contribution is 1.16. The molecule has 0 saturated heterocycles. The number of nitrogens with two attached hydrogens (primary N) is 1. The van der Waals surface area contributed by atoms with E-state index in [0.29, 0.717) is 5.69 Å². The van der Waals surface area contributed by atoms with Gasteiger partial charge in [0.15, 0.2) is 0 Å². The molecule has 1 aromatic rings. The number of aromatic nitrogens is 2. The Morgan fingerprint density at radius 2 is 2.44 bits per heavy atom. The van der Waals surface area contributed by atoms with Crippen molar-refractivity contribution < 1.29 is 0 Å². The van der Waals surface area contributed by atoms with Crippen molar-refractivity contribution >= 4 is 5.95 Å². The molecule has 1 aromatic heterocycles. The molecule has 1 heterocycles. The quantitative estimate of drug-likeness (QED) is 0.520. The standard InChI is InChI=1S/C5H4N4/c6-3-4-1-2-8-5(7)9-4/h1-2H,(H2,7,8,9). The molecule has 1 rings (SSSR count). The highest BCUT2D eigenvalue weighted by atomic mass is 15.0. The molecule has 0 aliphatic rings. The van der Waals surface area contributed by atoms with Gasteiger partial charge in [-0.25, -0.2) is 9.97 Å². The lowest BCUT2D eigenvalue weighted by atomic mass is 10.4. The monoisotopic (exact) mass is 120 g/mol. The van der Waals surface area contributed by atoms with Crippen LogP contribution < -0.4 is 5.73 Å². The lowest BCUT2D eigenvalue weighted by Gasteiger charge is -1.87. The summed E-state index contributed by atoms with van der Waals surface area (Å²) >= 11 is 0. The average molecular weight is 120 g/mol. The Hall–Kier alpha value is -1.63. The normalized spacial score (nSPS) is 8.33. The zero-order chi connectivity index (χ0) is 6.69. The van der Waals surface area contributed by atoms with Crippen molar-refractivity contribution in [2.75, 3.05) is 5.73 Å². The van der Waals surface area contributed by atoms with Gasteiger partial charge in [0, 0.05) is 6.20 Å². The molecule has 2 N–H and O–H groups in total. The summed E-state index contributed by atoms with van der Waals surface area (Å²) < 4.78 is 0. The van der Waals surface area contributed by atoms with Crippen molar-refractivity contribution in [3.05, 3.63) is 18.0 Å². The van der Waals surface area contributed by atoms with Crippen molar-refractivity contribution in [3.63, 3.8) is 0 Å². The Balaban J connectivity index is 3.12. The number of nitrogens with zero attached hydrogens (tertiary/aromatic N) is 3. The fourth-order valence-corrected chi connectivity index (χ4v) is 0.436. The van der Waals surface area contributed by atoms with E-state index in [1.807, 2.05) is 6.07 Å². The van der Waals surface area contributed by atoms with Gasteiger partial charge in [-0.05, 0) is 6.07 Å². The summed E-state index contributed by atoms with van der Waals surface area (Å²) in [6.07, 6.45) is 1.45. The summed E-state index contributed by atoms with van der Waals surface area (Å²) in [5.41, 5.74) is 5.45. The maximum Gasteiger partial charge on any atom is 0.221 e. The molecule has 0 radical (unpaired) electrons. The summed E-state index contributed by atoms with van der Waals surface area (Å²) in [6, 6.07) is 3.33. The van der Waals surface area contributed by atoms with Crippen LogP contribution in [0.3, 0.4) is 0 Å². The van der Waals surface area contributed by atoms with Crippen molar-refractivity contribution in [3.8, 4) is 6.07 Å². The molecule has 4 heteroatoms. The molecule has 0 bridgehead atoms. The van der Waals surface area contributed by atoms with Crippen LogP contribution in [0.25, 0.3) is 0 Å². The van der Waals surface area contributed by atoms with E-state index in [1.54, 1.807) is 0 Å². The third-order valence-electron chi connectivity index (χ3n) is 0.789. The van der Waals surface area contributed by atoms with Crippen molar-refractivity contribution in [1.29, 1.82) is 5.26 Å². The topological polar surface area (TPSA) is 75.6 Å². The first-order valence-corrected chi connectivity index (χ1v) is 2.31. The van der Waals surface area contributed by atoms with Gasteiger partial charge in [-0.2, -0.15) is 5.26 Å². The van der Waals surface area contributed by atoms with Crippen LogP contribution in [0, 0.1) is 11.3 Å². The van der Waals surface area contributed by atoms with Gasteiger partial charge in [0.1, 0.15) is 11.8 Å². The Bertz CT molecular complexity index is 249. The van der Waals surface area contributed by atoms with E-state index in [2.05, 4.69) is 9.97 Å². The molecule has 0 aliphatic carbocycles. The number of anilines is 1. The number of hydrogen-bond donors (Lipinski definition) is 1. The first kappa shape index (κ1) is 5.51. The summed E-state index contributed by atoms with van der Waals surface area (Å²) in [6.45, 7) is 0. The number of rotatable bonds is 0. The Kier molecular flexibility index (Phi) is 1.28. The smallest absolute Gasteiger partial charge is 0.221 e. The van der Waals surface area contributed by atoms with E-state index in [0.717, 1.165) is 0 Å². The Morgan fingerprint density at radius 1 is 1.67 bits per heavy atom. The third kappa shape index (κ3) is 1.13. The van der Waals surface area contributed by atoms with Crippen LogP contribution in [0.2, 0.25) is 0 Å². The molecule has 0 spiro atoms. The van der Waals surface area contributed by atoms with Gasteiger partial charge >= 0.3 is 0 Å². The van der Waals surface area contributed by atoms with Crippen LogP contribution in [-0.4, -0.2) is 9.97 Å². The third-order valence-corrected chi connectivity index (χ3v) is 0.789. The predicted octanol–water partition coefficient (Wildman–Crippen LogP) is -0.0695. The summed E-state index contributed by atoms with van der Waals surface area (Å²) in [4.78, 5) is 7.20. The maximum atomic E-state index is 8.27. The largest absolute Gasteiger partial charge is 0.368 e. The van der Waals surface area contributed by atoms with Crippen molar-refractivity contribution in [2.45, 2.75) is 0 Å². The van der Waals surface area contributed by atoms with E-state index < -0.39 is 0 Å². The van der Waals surface area contributed by atoms with Crippen LogP contribution in [-0.2, 0) is 0 Å². The first-order chi connectivity index (χ1) is 4.33. The van der Waals surface area contributed by atoms with Gasteiger partial charge in [0.2, 0.25) is 5.95 Å². The molecular weight excluding hydrogens is 116 g/mol. The van der Waals surface area contributed by atoms with E-state index in [1.165, 1.54) is 12.3 Å². The molecule has 0 aromatic carbocycles. The SMILES string of the molecule is N#Cc1ccnc(N)n1. The van der Waals surface area contributed by atoms with Crippen molar-refractivity contribution in [2.24, 2.45) is 0 Å². The molecule has 0 atom stereocenters. The highest BCUT2D eigenvalue weighted by molar-refractivity contribution is 5.25. The van der Waals surface area contributed by atoms with Gasteiger partial charge in [-0.1, -0.05) is 0 Å². The molecule has 9 heavy (non-hydrogen) atoms. The van der Waals surface area contributed by atoms with Crippen molar-refractivity contribution in [1.82, 2.24) is 9.97 Å². The Morgan fingerprint density at radius 3 is 2.89 bits per heavy atom. The first-order valence-electron chi connectivity index (χ1n) is 2.31. The van der Waals surface area contributed by atoms with Crippen LogP contribution >= 0.6 is 0 Å². The molecule has 0 fully saturated rings. The van der Waals surface area contributed by atoms with E-state index in [-0.39, 0.29) is 5.95 Å². The highest BCUT2D eigenvalue weighted by Gasteiger charge is 1.89. The summed E-state index contributed by atoms with van der Waals surface area (Å²) in [5.74, 6) is 0.133. The molecule has 0 amide bonds. The number of nitrogen functional groups attached to an aromatic ring is 1. The fourth-order valence-electron chi connectivity index (χ4n) is 0.436. The van der Waals surface area contributed by atoms with Gasteiger partial charge in [-0.15, -0.1) is 0 Å². The highest BCUT2D eigenvalue weighted by Crippen LogP contribution is 1.91. The van der Waals surface area contributed by atoms with Gasteiger partial charge in [0.05, 0.1) is 0 Å². The maximum absolute atomic E-state index is 8.27. The molecule has 0 aliphatic heterocycles.